The van der Waals surface area contributed by atoms with Gasteiger partial charge in [-0.05, 0) is 51.9 Å². The Kier molecular flexibility index (Phi) is 2.55. The van der Waals surface area contributed by atoms with Gasteiger partial charge < -0.3 is 0 Å². The van der Waals surface area contributed by atoms with Crippen LogP contribution in [0.4, 0.5) is 0 Å². The van der Waals surface area contributed by atoms with Crippen molar-refractivity contribution in [3.8, 4) is 0 Å². The summed E-state index contributed by atoms with van der Waals surface area (Å²) in [7, 11) is 0. The maximum atomic E-state index is 2.34. The van der Waals surface area contributed by atoms with Crippen molar-refractivity contribution in [2.45, 2.75) is 31.6 Å². The predicted octanol–water partition coefficient (Wildman–Crippen LogP) is 5.65. The van der Waals surface area contributed by atoms with E-state index in [-0.39, 0.29) is 0 Å². The molecule has 94 valence electrons. The van der Waals surface area contributed by atoms with Gasteiger partial charge in [-0.25, -0.2) is 0 Å². The number of fused-ring (bicyclic) bond motifs is 2. The fraction of sp³-hybridized carbons (Fsp3) is 0.263. The Morgan fingerprint density at radius 3 is 1.79 bits per heavy atom. The highest BCUT2D eigenvalue weighted by Crippen LogP contribution is 2.41. The van der Waals surface area contributed by atoms with E-state index < -0.39 is 0 Å². The van der Waals surface area contributed by atoms with Crippen molar-refractivity contribution in [2.75, 3.05) is 0 Å². The lowest BCUT2D eigenvalue weighted by atomic mass is 9.87. The van der Waals surface area contributed by atoms with E-state index in [1.165, 1.54) is 47.2 Å². The molecule has 0 atom stereocenters. The minimum atomic E-state index is 0.760. The van der Waals surface area contributed by atoms with Crippen LogP contribution < -0.4 is 0 Å². The highest BCUT2D eigenvalue weighted by Gasteiger charge is 2.21. The summed E-state index contributed by atoms with van der Waals surface area (Å²) in [5, 5.41) is 5.72. The maximum Gasteiger partial charge on any atom is -0.0143 e. The molecule has 1 aliphatic carbocycles. The van der Waals surface area contributed by atoms with Gasteiger partial charge in [0.05, 0.1) is 0 Å². The lowest BCUT2D eigenvalue weighted by Crippen LogP contribution is -1.95. The van der Waals surface area contributed by atoms with E-state index in [0.717, 1.165) is 5.92 Å². The van der Waals surface area contributed by atoms with Crippen molar-refractivity contribution in [1.29, 1.82) is 0 Å². The van der Waals surface area contributed by atoms with Gasteiger partial charge >= 0.3 is 0 Å². The van der Waals surface area contributed by atoms with Crippen LogP contribution >= 0.6 is 0 Å². The summed E-state index contributed by atoms with van der Waals surface area (Å²) >= 11 is 0. The average molecular weight is 246 g/mol. The van der Waals surface area contributed by atoms with Crippen LogP contribution in [0.5, 0.6) is 0 Å². The van der Waals surface area contributed by atoms with Gasteiger partial charge in [0.1, 0.15) is 0 Å². The number of rotatable bonds is 1. The molecule has 19 heavy (non-hydrogen) atoms. The second kappa shape index (κ2) is 4.38. The van der Waals surface area contributed by atoms with Gasteiger partial charge in [0.25, 0.3) is 0 Å². The highest BCUT2D eigenvalue weighted by atomic mass is 14.3. The third kappa shape index (κ3) is 1.74. The Labute approximate surface area is 114 Å². The van der Waals surface area contributed by atoms with Crippen molar-refractivity contribution in [1.82, 2.24) is 0 Å². The van der Waals surface area contributed by atoms with E-state index in [0.29, 0.717) is 0 Å². The van der Waals surface area contributed by atoms with Gasteiger partial charge in [-0.2, -0.15) is 0 Å². The molecule has 0 bridgehead atoms. The van der Waals surface area contributed by atoms with E-state index in [1.54, 1.807) is 5.56 Å². The van der Waals surface area contributed by atoms with E-state index in [1.807, 2.05) is 0 Å². The van der Waals surface area contributed by atoms with Gasteiger partial charge in [0.2, 0.25) is 0 Å². The summed E-state index contributed by atoms with van der Waals surface area (Å²) in [6, 6.07) is 20.1. The van der Waals surface area contributed by atoms with Gasteiger partial charge in [-0.15, -0.1) is 0 Å². The smallest absolute Gasteiger partial charge is 0.0143 e. The summed E-state index contributed by atoms with van der Waals surface area (Å²) in [4.78, 5) is 0. The van der Waals surface area contributed by atoms with Crippen LogP contribution in [0.25, 0.3) is 21.5 Å². The van der Waals surface area contributed by atoms with Crippen molar-refractivity contribution >= 4 is 21.5 Å². The van der Waals surface area contributed by atoms with Crippen LogP contribution in [0.2, 0.25) is 0 Å². The molecular formula is C19H18. The lowest BCUT2D eigenvalue weighted by Gasteiger charge is -2.17. The molecule has 1 fully saturated rings. The first-order valence-electron chi connectivity index (χ1n) is 7.34. The predicted molar refractivity (Wildman–Crippen MR) is 82.7 cm³/mol. The van der Waals surface area contributed by atoms with E-state index in [2.05, 4.69) is 54.6 Å². The van der Waals surface area contributed by atoms with Crippen molar-refractivity contribution < 1.29 is 0 Å². The first-order valence-corrected chi connectivity index (χ1v) is 7.34. The molecule has 4 rings (SSSR count). The molecule has 0 heteroatoms. The van der Waals surface area contributed by atoms with Crippen LogP contribution in [0, 0.1) is 0 Å². The average Bonchev–Trinajstić information content (AvgIpc) is 2.98. The maximum absolute atomic E-state index is 2.34. The monoisotopic (exact) mass is 246 g/mol. The molecule has 0 nitrogen and oxygen atoms in total. The van der Waals surface area contributed by atoms with E-state index in [4.69, 9.17) is 0 Å². The molecule has 3 aromatic rings. The second-order valence-electron chi connectivity index (χ2n) is 5.71. The fourth-order valence-electron chi connectivity index (χ4n) is 3.70. The number of benzene rings is 3. The molecule has 0 aromatic heterocycles. The molecule has 0 aliphatic heterocycles. The normalized spacial score (nSPS) is 16.4. The molecule has 0 unspecified atom stereocenters. The zero-order valence-corrected chi connectivity index (χ0v) is 11.1. The molecule has 1 aliphatic rings. The molecule has 0 radical (unpaired) electrons. The number of hydrogen-bond acceptors (Lipinski definition) is 0. The van der Waals surface area contributed by atoms with Gasteiger partial charge in [-0.3, -0.25) is 0 Å². The van der Waals surface area contributed by atoms with Crippen molar-refractivity contribution in [2.24, 2.45) is 0 Å². The Morgan fingerprint density at radius 2 is 1.21 bits per heavy atom. The Bertz CT molecular complexity index is 679. The standard InChI is InChI=1S/C19H18/c1-2-8-14(7-1)19-17-11-5-3-9-15(17)13-16-10-4-6-12-18(16)19/h3-6,9-14H,1-2,7-8H2. The fourth-order valence-corrected chi connectivity index (χ4v) is 3.70. The summed E-state index contributed by atoms with van der Waals surface area (Å²) < 4.78 is 0. The Hall–Kier alpha value is -1.82. The number of hydrogen-bond donors (Lipinski definition) is 0. The zero-order valence-electron chi connectivity index (χ0n) is 11.1. The third-order valence-electron chi connectivity index (χ3n) is 4.58. The SMILES string of the molecule is c1ccc2c(C3CCCC3)c3ccccc3cc2c1. The van der Waals surface area contributed by atoms with Crippen LogP contribution in [0.1, 0.15) is 37.2 Å². The summed E-state index contributed by atoms with van der Waals surface area (Å²) in [6.07, 6.45) is 5.50. The lowest BCUT2D eigenvalue weighted by molar-refractivity contribution is 0.735. The Balaban J connectivity index is 2.13. The Morgan fingerprint density at radius 1 is 0.684 bits per heavy atom. The molecule has 0 heterocycles. The molecule has 0 saturated heterocycles. The highest BCUT2D eigenvalue weighted by molar-refractivity contribution is 6.02. The van der Waals surface area contributed by atoms with Crippen LogP contribution in [-0.2, 0) is 0 Å². The van der Waals surface area contributed by atoms with Crippen molar-refractivity contribution in [3.63, 3.8) is 0 Å². The minimum absolute atomic E-state index is 0.760. The molecule has 3 aromatic carbocycles. The summed E-state index contributed by atoms with van der Waals surface area (Å²) in [5.74, 6) is 0.760. The van der Waals surface area contributed by atoms with Crippen LogP contribution in [0.3, 0.4) is 0 Å². The van der Waals surface area contributed by atoms with Gasteiger partial charge in [0.15, 0.2) is 0 Å². The van der Waals surface area contributed by atoms with E-state index >= 15 is 0 Å². The third-order valence-corrected chi connectivity index (χ3v) is 4.58. The second-order valence-corrected chi connectivity index (χ2v) is 5.71. The zero-order chi connectivity index (χ0) is 12.7. The topological polar surface area (TPSA) is 0 Å². The molecular weight excluding hydrogens is 228 g/mol. The first kappa shape index (κ1) is 11.0. The quantitative estimate of drug-likeness (QED) is 0.487. The molecule has 1 saturated carbocycles. The largest absolute Gasteiger partial charge is 0.0616 e. The van der Waals surface area contributed by atoms with Gasteiger partial charge in [0, 0.05) is 0 Å². The van der Waals surface area contributed by atoms with Gasteiger partial charge in [-0.1, -0.05) is 61.4 Å². The van der Waals surface area contributed by atoms with Crippen LogP contribution in [0.15, 0.2) is 54.6 Å². The first-order chi connectivity index (χ1) is 9.43. The summed E-state index contributed by atoms with van der Waals surface area (Å²) in [6.45, 7) is 0. The van der Waals surface area contributed by atoms with Crippen molar-refractivity contribution in [3.05, 3.63) is 60.2 Å². The van der Waals surface area contributed by atoms with Crippen LogP contribution in [-0.4, -0.2) is 0 Å². The molecule has 0 spiro atoms. The molecule has 0 N–H and O–H groups in total. The summed E-state index contributed by atoms with van der Waals surface area (Å²) in [5.41, 5.74) is 1.60. The van der Waals surface area contributed by atoms with E-state index in [9.17, 15) is 0 Å². The minimum Gasteiger partial charge on any atom is -0.0616 e. The molecule has 0 amide bonds.